The summed E-state index contributed by atoms with van der Waals surface area (Å²) in [7, 11) is 0. The van der Waals surface area contributed by atoms with Crippen LogP contribution in [0.5, 0.6) is 0 Å². The summed E-state index contributed by atoms with van der Waals surface area (Å²) in [6.45, 7) is 1.70. The predicted molar refractivity (Wildman–Crippen MR) is 206 cm³/mol. The summed E-state index contributed by atoms with van der Waals surface area (Å²) in [5, 5.41) is 11.4. The van der Waals surface area contributed by atoms with Gasteiger partial charge in [-0.25, -0.2) is 14.0 Å². The zero-order valence-corrected chi connectivity index (χ0v) is 32.4. The van der Waals surface area contributed by atoms with Gasteiger partial charge in [-0.3, -0.25) is 24.1 Å². The number of alkyl carbamates (subject to hydrolysis) is 1. The van der Waals surface area contributed by atoms with Gasteiger partial charge < -0.3 is 45.1 Å². The molecule has 1 aliphatic carbocycles. The lowest BCUT2D eigenvalue weighted by molar-refractivity contribution is -0.142. The molecule has 5 amide bonds. The van der Waals surface area contributed by atoms with E-state index < -0.39 is 71.8 Å². The quantitative estimate of drug-likeness (QED) is 0.323. The Morgan fingerprint density at radius 1 is 0.862 bits per heavy atom. The van der Waals surface area contributed by atoms with E-state index in [1.807, 2.05) is 0 Å². The number of carbonyl (C=O) groups excluding carboxylic acids is 6. The lowest BCUT2D eigenvalue weighted by Gasteiger charge is -2.32. The maximum absolute atomic E-state index is 14.5. The molecule has 0 spiro atoms. The van der Waals surface area contributed by atoms with Gasteiger partial charge in [-0.05, 0) is 55.4 Å². The summed E-state index contributed by atoms with van der Waals surface area (Å²) in [5.41, 5.74) is 2.03. The zero-order chi connectivity index (χ0) is 40.6. The van der Waals surface area contributed by atoms with Crippen LogP contribution in [0.15, 0.2) is 42.5 Å². The summed E-state index contributed by atoms with van der Waals surface area (Å²) in [6, 6.07) is 8.03. The van der Waals surface area contributed by atoms with Gasteiger partial charge in [0.1, 0.15) is 30.1 Å². The third-order valence-corrected chi connectivity index (χ3v) is 11.5. The van der Waals surface area contributed by atoms with Crippen molar-refractivity contribution in [3.63, 3.8) is 0 Å². The van der Waals surface area contributed by atoms with E-state index in [9.17, 15) is 33.2 Å². The van der Waals surface area contributed by atoms with Gasteiger partial charge >= 0.3 is 12.2 Å². The number of hydrogen-bond acceptors (Lipinski definition) is 11. The summed E-state index contributed by atoms with van der Waals surface area (Å²) in [4.78, 5) is 85.5. The van der Waals surface area contributed by atoms with E-state index in [0.29, 0.717) is 68.1 Å². The van der Waals surface area contributed by atoms with E-state index in [2.05, 4.69) is 21.3 Å². The maximum Gasteiger partial charge on any atom is 0.410 e. The highest BCUT2D eigenvalue weighted by atomic mass is 19.1. The number of ketones is 1. The molecule has 4 heterocycles. The van der Waals surface area contributed by atoms with E-state index in [0.717, 1.165) is 19.3 Å². The highest BCUT2D eigenvalue weighted by Gasteiger charge is 2.46. The van der Waals surface area contributed by atoms with Gasteiger partial charge in [-0.2, -0.15) is 0 Å². The molecule has 58 heavy (non-hydrogen) atoms. The topological polar surface area (TPSA) is 194 Å². The Kier molecular flexibility index (Phi) is 13.4. The van der Waals surface area contributed by atoms with Crippen LogP contribution in [0.1, 0.15) is 68.9 Å². The maximum atomic E-state index is 14.5. The van der Waals surface area contributed by atoms with Gasteiger partial charge in [-0.1, -0.05) is 43.5 Å². The second-order valence-corrected chi connectivity index (χ2v) is 15.6. The van der Waals surface area contributed by atoms with Crippen molar-refractivity contribution in [1.82, 2.24) is 20.4 Å². The van der Waals surface area contributed by atoms with Crippen LogP contribution in [0.25, 0.3) is 0 Å². The number of hydrogen-bond donors (Lipinski definition) is 4. The molecule has 0 aromatic heterocycles. The van der Waals surface area contributed by atoms with Crippen LogP contribution in [0.3, 0.4) is 0 Å². The molecule has 2 aromatic rings. The Morgan fingerprint density at radius 3 is 2.45 bits per heavy atom. The lowest BCUT2D eigenvalue weighted by Crippen LogP contribution is -2.56. The fraction of sp³-hybridized carbons (Fsp3) is 0.561. The summed E-state index contributed by atoms with van der Waals surface area (Å²) in [5.74, 6) is -3.39. The van der Waals surface area contributed by atoms with Crippen LogP contribution >= 0.6 is 0 Å². The highest BCUT2D eigenvalue weighted by molar-refractivity contribution is 6.42. The Bertz CT molecular complexity index is 1850. The van der Waals surface area contributed by atoms with Crippen molar-refractivity contribution in [3.8, 4) is 0 Å². The molecular weight excluding hydrogens is 755 g/mol. The highest BCUT2D eigenvalue weighted by Crippen LogP contribution is 2.32. The molecule has 2 saturated heterocycles. The summed E-state index contributed by atoms with van der Waals surface area (Å²) in [6.07, 6.45) is 1.46. The summed E-state index contributed by atoms with van der Waals surface area (Å²) < 4.78 is 37.1. The molecule has 5 aliphatic rings. The number of nitrogens with one attached hydrogen (secondary N) is 4. The van der Waals surface area contributed by atoms with E-state index in [4.69, 9.17) is 18.9 Å². The average Bonchev–Trinajstić information content (AvgIpc) is 3.97. The molecule has 0 radical (unpaired) electrons. The molecule has 3 fully saturated rings. The predicted octanol–water partition coefficient (Wildman–Crippen LogP) is 3.63. The first kappa shape index (κ1) is 40.9. The first-order chi connectivity index (χ1) is 28.1. The molecular formula is C41H51FN6O10. The number of Topliss-reactive ketones (excluding diaryl/α,β-unsaturated/α-hetero) is 1. The van der Waals surface area contributed by atoms with Crippen molar-refractivity contribution in [1.29, 1.82) is 0 Å². The largest absolute Gasteiger partial charge is 0.444 e. The number of benzene rings is 2. The monoisotopic (exact) mass is 806 g/mol. The molecule has 2 unspecified atom stereocenters. The van der Waals surface area contributed by atoms with Crippen LogP contribution in [0.2, 0.25) is 0 Å². The van der Waals surface area contributed by atoms with E-state index in [1.165, 1.54) is 15.9 Å². The van der Waals surface area contributed by atoms with Crippen molar-refractivity contribution in [2.75, 3.05) is 50.2 Å². The van der Waals surface area contributed by atoms with Crippen LogP contribution < -0.4 is 21.3 Å². The molecule has 4 N–H and O–H groups in total. The number of anilines is 2. The Labute approximate surface area is 335 Å². The molecule has 16 nitrogen and oxygen atoms in total. The normalized spacial score (nSPS) is 26.3. The van der Waals surface area contributed by atoms with Crippen molar-refractivity contribution in [2.24, 2.45) is 5.92 Å². The number of carbonyl (C=O) groups is 6. The molecule has 1 saturated carbocycles. The number of rotatable bonds is 5. The minimum Gasteiger partial charge on any atom is -0.444 e. The van der Waals surface area contributed by atoms with Crippen molar-refractivity contribution in [2.45, 2.75) is 101 Å². The fourth-order valence-electron chi connectivity index (χ4n) is 8.06. The second-order valence-electron chi connectivity index (χ2n) is 15.6. The molecule has 312 valence electrons. The van der Waals surface area contributed by atoms with Gasteiger partial charge in [0.2, 0.25) is 17.6 Å². The third-order valence-electron chi connectivity index (χ3n) is 11.5. The van der Waals surface area contributed by atoms with Crippen molar-refractivity contribution >= 4 is 47.1 Å². The Balaban J connectivity index is 1.14. The van der Waals surface area contributed by atoms with Crippen molar-refractivity contribution < 1.29 is 52.1 Å². The van der Waals surface area contributed by atoms with Gasteiger partial charge in [-0.15, -0.1) is 0 Å². The Morgan fingerprint density at radius 2 is 1.69 bits per heavy atom. The van der Waals surface area contributed by atoms with E-state index in [1.54, 1.807) is 36.4 Å². The van der Waals surface area contributed by atoms with Gasteiger partial charge in [0.15, 0.2) is 0 Å². The minimum absolute atomic E-state index is 0.00245. The van der Waals surface area contributed by atoms with E-state index >= 15 is 0 Å². The standard InChI is InChI=1S/C41H51FN6O10/c42-30-10-6-9-26-21-47(23-29(26)30)41(54)58-28-20-35-37(50)45-34(19-25-7-5-8-25)36(49)38(51)44-32-12-2-1-11-31(32)43-15-18-55-16-4-3-13-33(39(52)48(35)22-28)46-40(53)57-27-14-17-56-24-27/h1-2,6,9-12,25,27-28,33-35,43H,3-5,7-8,13-24H2,(H,44,51)(H,45,50)(H,46,53)/t27?,28-,33+,34?,35+/m1/s1. The Hall–Kier alpha value is -5.29. The van der Waals surface area contributed by atoms with Crippen LogP contribution in [0.4, 0.5) is 25.4 Å². The molecule has 7 rings (SSSR count). The number of halogens is 1. The van der Waals surface area contributed by atoms with Crippen LogP contribution in [-0.4, -0.2) is 115 Å². The molecule has 0 bridgehead atoms. The van der Waals surface area contributed by atoms with Gasteiger partial charge in [0, 0.05) is 38.1 Å². The summed E-state index contributed by atoms with van der Waals surface area (Å²) >= 11 is 0. The molecule has 4 aliphatic heterocycles. The first-order valence-electron chi connectivity index (χ1n) is 20.3. The number of ether oxygens (including phenoxy) is 4. The number of amides is 5. The van der Waals surface area contributed by atoms with Crippen molar-refractivity contribution in [3.05, 3.63) is 59.4 Å². The van der Waals surface area contributed by atoms with Gasteiger partial charge in [0.25, 0.3) is 5.91 Å². The second kappa shape index (κ2) is 19.0. The lowest BCUT2D eigenvalue weighted by atomic mass is 9.80. The SMILES string of the molecule is O=C(N[C@H]1CCCCOCCNc2ccccc2NC(=O)C(=O)C(CC2CCC2)NC(=O)[C@@H]2C[C@@H](OC(=O)N3Cc4cccc(F)c4C3)CN2C1=O)OC1CCOC1. The third kappa shape index (κ3) is 10.0. The average molecular weight is 807 g/mol. The smallest absolute Gasteiger partial charge is 0.410 e. The van der Waals surface area contributed by atoms with Crippen LogP contribution in [-0.2, 0) is 51.2 Å². The number of fused-ring (bicyclic) bond motifs is 3. The molecule has 17 heteroatoms. The first-order valence-corrected chi connectivity index (χ1v) is 20.3. The molecule has 5 atom stereocenters. The van der Waals surface area contributed by atoms with Gasteiger partial charge in [0.05, 0.1) is 50.3 Å². The van der Waals surface area contributed by atoms with E-state index in [-0.39, 0.29) is 51.4 Å². The fourth-order valence-corrected chi connectivity index (χ4v) is 8.06. The number of para-hydroxylation sites is 2. The minimum atomic E-state index is -1.24. The number of nitrogens with zero attached hydrogens (tertiary/aromatic N) is 2. The zero-order valence-electron chi connectivity index (χ0n) is 32.4. The van der Waals surface area contributed by atoms with Crippen LogP contribution in [0, 0.1) is 11.7 Å². The molecule has 2 aromatic carbocycles.